The molecule has 85 heavy (non-hydrogen) atoms. The molecule has 0 radical (unpaired) electrons. The number of aliphatic hydroxyl groups is 25. The maximum atomic E-state index is 11.4. The highest BCUT2D eigenvalue weighted by atomic mass is 16.7. The van der Waals surface area contributed by atoms with Gasteiger partial charge in [0.05, 0.1) is 13.2 Å². The van der Waals surface area contributed by atoms with E-state index in [1.165, 1.54) is 0 Å². The van der Waals surface area contributed by atoms with E-state index < -0.39 is 253 Å². The van der Waals surface area contributed by atoms with Crippen LogP contribution in [-0.4, -0.2) is 339 Å². The largest absolute Gasteiger partial charge is 0.506 e. The summed E-state index contributed by atoms with van der Waals surface area (Å²) in [6, 6.07) is 0.176. The summed E-state index contributed by atoms with van der Waals surface area (Å²) in [6.45, 7) is -0.0709. The van der Waals surface area contributed by atoms with Crippen molar-refractivity contribution in [1.82, 2.24) is 9.80 Å². The zero-order valence-electron chi connectivity index (χ0n) is 46.2. The number of fused-ring (bicyclic) bond motifs is 2. The summed E-state index contributed by atoms with van der Waals surface area (Å²) in [5.74, 6) is -15.0. The van der Waals surface area contributed by atoms with E-state index >= 15 is 0 Å². The quantitative estimate of drug-likeness (QED) is 0.0769. The molecule has 36 heteroatoms. The van der Waals surface area contributed by atoms with Gasteiger partial charge in [-0.3, -0.25) is 4.90 Å². The number of rotatable bonds is 14. The molecule has 20 atom stereocenters. The molecule has 0 spiro atoms. The molecule has 3 saturated heterocycles. The van der Waals surface area contributed by atoms with Gasteiger partial charge in [0, 0.05) is 90.9 Å². The lowest BCUT2D eigenvalue weighted by atomic mass is 9.98. The molecule has 0 aromatic heterocycles. The van der Waals surface area contributed by atoms with Gasteiger partial charge < -0.3 is 175 Å². The summed E-state index contributed by atoms with van der Waals surface area (Å²) >= 11 is 0. The fourth-order valence-electron chi connectivity index (χ4n) is 9.15. The minimum atomic E-state index is -2.79. The van der Waals surface area contributed by atoms with Gasteiger partial charge in [-0.25, -0.2) is 0 Å². The molecule has 4 bridgehead atoms. The topological polar surface area (TPSA) is 595 Å². The van der Waals surface area contributed by atoms with Gasteiger partial charge in [0.25, 0.3) is 0 Å². The van der Waals surface area contributed by atoms with Crippen molar-refractivity contribution in [3.8, 4) is 0 Å². The van der Waals surface area contributed by atoms with E-state index in [-0.39, 0.29) is 12.6 Å². The molecule has 494 valence electrons. The highest BCUT2D eigenvalue weighted by Crippen LogP contribution is 2.33. The first-order valence-corrected chi connectivity index (χ1v) is 26.9. The van der Waals surface area contributed by atoms with Crippen LogP contribution in [0.5, 0.6) is 0 Å². The Morgan fingerprint density at radius 3 is 0.882 bits per heavy atom. The third kappa shape index (κ3) is 19.1. The Hall–Kier alpha value is -4.34. The average Bonchev–Trinajstić information content (AvgIpc) is 2.62. The van der Waals surface area contributed by atoms with Crippen molar-refractivity contribution >= 4 is 0 Å². The molecule has 6 aliphatic rings. The highest BCUT2D eigenvalue weighted by Gasteiger charge is 2.50. The molecule has 20 unspecified atom stereocenters. The molecule has 25 N–H and O–H groups in total. The van der Waals surface area contributed by atoms with Gasteiger partial charge in [0.2, 0.25) is 31.5 Å². The van der Waals surface area contributed by atoms with Crippen LogP contribution in [0.25, 0.3) is 0 Å². The Bertz CT molecular complexity index is 2190. The van der Waals surface area contributed by atoms with Crippen LogP contribution < -0.4 is 0 Å². The van der Waals surface area contributed by atoms with Gasteiger partial charge in [0.1, 0.15) is 79.4 Å². The molecule has 0 amide bonds. The third-order valence-electron chi connectivity index (χ3n) is 14.1. The second kappa shape index (κ2) is 34.4. The minimum Gasteiger partial charge on any atom is -0.506 e. The van der Waals surface area contributed by atoms with Crippen LogP contribution in [0.4, 0.5) is 0 Å². The molecule has 36 nitrogen and oxygen atoms in total. The van der Waals surface area contributed by atoms with Gasteiger partial charge >= 0.3 is 0 Å². The Morgan fingerprint density at radius 1 is 0.341 bits per heavy atom. The van der Waals surface area contributed by atoms with E-state index in [2.05, 4.69) is 4.90 Å². The van der Waals surface area contributed by atoms with Crippen molar-refractivity contribution in [3.05, 3.63) is 57.6 Å². The van der Waals surface area contributed by atoms with Crippen molar-refractivity contribution in [2.24, 2.45) is 0 Å². The lowest BCUT2D eigenvalue weighted by molar-refractivity contribution is -0.331. The maximum Gasteiger partial charge on any atom is 0.218 e. The predicted molar refractivity (Wildman–Crippen MR) is 276 cm³/mol. The van der Waals surface area contributed by atoms with E-state index in [4.69, 9.17) is 42.6 Å². The average molecular weight is 1250 g/mol. The van der Waals surface area contributed by atoms with E-state index in [0.717, 1.165) is 0 Å². The van der Waals surface area contributed by atoms with E-state index in [1.807, 2.05) is 18.7 Å². The molecule has 3 fully saturated rings. The molecular formula is C49H84N2O34. The second-order valence-corrected chi connectivity index (χ2v) is 20.2. The molecule has 0 saturated carbocycles. The van der Waals surface area contributed by atoms with Gasteiger partial charge in [-0.05, 0) is 20.3 Å². The molecule has 6 rings (SSSR count). The van der Waals surface area contributed by atoms with Crippen molar-refractivity contribution < 1.29 is 170 Å². The standard InChI is InChI=1S/C49H84N2O34/c1-19(2)51-11-9-50(10-12-51)8-3-20-27(58)34(65)44(73)79-22(5-14-53)29(60)37(68)46(75)84-41-25(17-56)83-49(40(71)32(41)63)81-24(7-16-55)31(62)38(69)47(76)85-42-26(18-57)82-48(39(70)33(42)64)80-23(6-15-54)30(61)36(67)45(74)78-21(4-13-52)28(59)35(66)43(72)77-20/h19-26,32-33,39-49,52-76H,3-18H2,1-2H3/b34-27?,35-28+,36-30+,37-29+,38-31+. The number of ether oxygens (including phenoxy) is 9. The lowest BCUT2D eigenvalue weighted by Gasteiger charge is -2.43. The Labute approximate surface area is 484 Å². The summed E-state index contributed by atoms with van der Waals surface area (Å²) in [7, 11) is 0. The zero-order valence-corrected chi connectivity index (χ0v) is 46.2. The fourth-order valence-corrected chi connectivity index (χ4v) is 9.15. The number of hydrogen-bond donors (Lipinski definition) is 25. The Morgan fingerprint density at radius 2 is 0.612 bits per heavy atom. The van der Waals surface area contributed by atoms with Crippen LogP contribution in [0.1, 0.15) is 46.0 Å². The zero-order chi connectivity index (χ0) is 63.7. The van der Waals surface area contributed by atoms with Crippen LogP contribution in [0.3, 0.4) is 0 Å². The van der Waals surface area contributed by atoms with Crippen molar-refractivity contribution in [3.63, 3.8) is 0 Å². The fraction of sp³-hybridized carbons (Fsp3) is 0.796. The molecule has 6 aliphatic heterocycles. The lowest BCUT2D eigenvalue weighted by Crippen LogP contribution is -2.61. The van der Waals surface area contributed by atoms with Gasteiger partial charge in [-0.2, -0.15) is 0 Å². The first kappa shape index (κ1) is 73.1. The van der Waals surface area contributed by atoms with Gasteiger partial charge in [0.15, 0.2) is 70.2 Å². The van der Waals surface area contributed by atoms with Crippen molar-refractivity contribution in [2.75, 3.05) is 72.4 Å². The molecule has 0 aromatic rings. The summed E-state index contributed by atoms with van der Waals surface area (Å²) in [6.07, 6.45) is -49.5. The number of aliphatic hydroxyl groups excluding tert-OH is 25. The molecule has 0 aromatic carbocycles. The predicted octanol–water partition coefficient (Wildman–Crippen LogP) is -6.25. The first-order chi connectivity index (χ1) is 40.1. The van der Waals surface area contributed by atoms with Crippen LogP contribution in [0.2, 0.25) is 0 Å². The molecule has 0 aliphatic carbocycles. The monoisotopic (exact) mass is 1240 g/mol. The maximum absolute atomic E-state index is 11.4. The Kier molecular flexibility index (Phi) is 29.6. The summed E-state index contributed by atoms with van der Waals surface area (Å²) in [4.78, 5) is 4.01. The third-order valence-corrected chi connectivity index (χ3v) is 14.1. The minimum absolute atomic E-state index is 0.0131. The smallest absolute Gasteiger partial charge is 0.218 e. The van der Waals surface area contributed by atoms with Crippen LogP contribution in [-0.2, 0) is 42.6 Å². The van der Waals surface area contributed by atoms with Crippen LogP contribution in [0, 0.1) is 0 Å². The van der Waals surface area contributed by atoms with Crippen molar-refractivity contribution in [1.29, 1.82) is 0 Å². The van der Waals surface area contributed by atoms with Gasteiger partial charge in [-0.1, -0.05) is 0 Å². The van der Waals surface area contributed by atoms with Crippen LogP contribution >= 0.6 is 0 Å². The molecular weight excluding hydrogens is 1160 g/mol. The first-order valence-electron chi connectivity index (χ1n) is 26.9. The summed E-state index contributed by atoms with van der Waals surface area (Å²) in [5.41, 5.74) is 0. The summed E-state index contributed by atoms with van der Waals surface area (Å²) < 4.78 is 48.3. The normalized spacial score (nSPS) is 40.8. The van der Waals surface area contributed by atoms with Crippen molar-refractivity contribution in [2.45, 2.75) is 175 Å². The van der Waals surface area contributed by atoms with E-state index in [0.29, 0.717) is 26.2 Å². The second-order valence-electron chi connectivity index (χ2n) is 20.2. The molecule has 6 heterocycles. The van der Waals surface area contributed by atoms with Crippen LogP contribution in [0.15, 0.2) is 57.6 Å². The van der Waals surface area contributed by atoms with E-state index in [1.54, 1.807) is 0 Å². The van der Waals surface area contributed by atoms with E-state index in [9.17, 15) is 128 Å². The highest BCUT2D eigenvalue weighted by molar-refractivity contribution is 5.14. The number of hydrogen-bond acceptors (Lipinski definition) is 36. The Balaban J connectivity index is 1.84. The summed E-state index contributed by atoms with van der Waals surface area (Å²) in [5, 5.41) is 270. The SMILES string of the molecule is CC(C)N1CCN(CCC2OC(O)/C(O)=C(\O)C(CCO)OC(O)/C(O)=C(\O)C(CCO)OC3OC(CO)C(OC(O)/C(O)=C(\O)C(CCO)OC4OC(CO)C(OC(O)/C(O)=C(\O)C(CCO)OC(O)C(O)=C2O)C(O)C4O)C(O)C3O)CC1. The number of piperazine rings is 1. The number of nitrogens with zero attached hydrogens (tertiary/aromatic N) is 2. The van der Waals surface area contributed by atoms with Gasteiger partial charge in [-0.15, -0.1) is 0 Å².